The summed E-state index contributed by atoms with van der Waals surface area (Å²) < 4.78 is 13.1. The average Bonchev–Trinajstić information content (AvgIpc) is 2.90. The highest BCUT2D eigenvalue weighted by molar-refractivity contribution is 9.10. The first kappa shape index (κ1) is 16.6. The van der Waals surface area contributed by atoms with Crippen LogP contribution in [-0.2, 0) is 0 Å². The van der Waals surface area contributed by atoms with Crippen LogP contribution in [0.25, 0.3) is 0 Å². The Bertz CT molecular complexity index is 583. The number of nitrogens with one attached hydrogen (secondary N) is 1. The predicted octanol–water partition coefficient (Wildman–Crippen LogP) is 5.29. The molecule has 2 aromatic rings. The third-order valence-electron chi connectivity index (χ3n) is 3.04. The lowest BCUT2D eigenvalue weighted by Gasteiger charge is -2.17. The maximum atomic E-state index is 5.70. The Morgan fingerprint density at radius 1 is 1.19 bits per heavy atom. The zero-order valence-electron chi connectivity index (χ0n) is 12.2. The van der Waals surface area contributed by atoms with Crippen molar-refractivity contribution in [1.82, 2.24) is 5.32 Å². The van der Waals surface area contributed by atoms with E-state index in [9.17, 15) is 0 Å². The van der Waals surface area contributed by atoms with E-state index in [2.05, 4.69) is 63.2 Å². The zero-order valence-corrected chi connectivity index (χ0v) is 15.3. The first-order chi connectivity index (χ1) is 10.2. The van der Waals surface area contributed by atoms with E-state index in [1.165, 1.54) is 0 Å². The van der Waals surface area contributed by atoms with Crippen LogP contribution in [0.4, 0.5) is 0 Å². The summed E-state index contributed by atoms with van der Waals surface area (Å²) in [4.78, 5) is 0. The molecule has 0 spiro atoms. The van der Waals surface area contributed by atoms with Crippen LogP contribution >= 0.6 is 31.9 Å². The fourth-order valence-corrected chi connectivity index (χ4v) is 2.93. The molecule has 0 saturated heterocycles. The fraction of sp³-hybridized carbons (Fsp3) is 0.375. The maximum Gasteiger partial charge on any atom is 0.169 e. The van der Waals surface area contributed by atoms with E-state index < -0.39 is 0 Å². The SMILES string of the molecule is CCCOc1ccc(C(NCC)c2ccc(Br)o2)cc1Br. The third-order valence-corrected chi connectivity index (χ3v) is 4.08. The minimum Gasteiger partial charge on any atom is -0.492 e. The van der Waals surface area contributed by atoms with Crippen LogP contribution in [0, 0.1) is 0 Å². The molecule has 1 atom stereocenters. The topological polar surface area (TPSA) is 34.4 Å². The molecule has 1 heterocycles. The Morgan fingerprint density at radius 2 is 2.00 bits per heavy atom. The van der Waals surface area contributed by atoms with Gasteiger partial charge in [0.15, 0.2) is 4.67 Å². The second kappa shape index (κ2) is 8.01. The first-order valence-corrected chi connectivity index (χ1v) is 8.65. The Morgan fingerprint density at radius 3 is 2.57 bits per heavy atom. The maximum absolute atomic E-state index is 5.70. The van der Waals surface area contributed by atoms with Crippen LogP contribution in [0.15, 0.2) is 43.9 Å². The van der Waals surface area contributed by atoms with Crippen molar-refractivity contribution in [1.29, 1.82) is 0 Å². The quantitative estimate of drug-likeness (QED) is 0.665. The second-order valence-corrected chi connectivity index (χ2v) is 6.31. The zero-order chi connectivity index (χ0) is 15.2. The molecule has 0 amide bonds. The van der Waals surface area contributed by atoms with Gasteiger partial charge in [-0.3, -0.25) is 0 Å². The van der Waals surface area contributed by atoms with E-state index in [0.717, 1.165) is 45.8 Å². The highest BCUT2D eigenvalue weighted by atomic mass is 79.9. The van der Waals surface area contributed by atoms with E-state index in [-0.39, 0.29) is 6.04 Å². The lowest BCUT2D eigenvalue weighted by atomic mass is 10.0. The van der Waals surface area contributed by atoms with Gasteiger partial charge in [-0.2, -0.15) is 0 Å². The number of halogens is 2. The van der Waals surface area contributed by atoms with Gasteiger partial charge in [-0.15, -0.1) is 0 Å². The van der Waals surface area contributed by atoms with E-state index in [1.807, 2.05) is 18.2 Å². The standard InChI is InChI=1S/C16H19Br2NO2/c1-3-9-20-13-6-5-11(10-12(13)17)16(19-4-2)14-7-8-15(18)21-14/h5-8,10,16,19H,3-4,9H2,1-2H3. The van der Waals surface area contributed by atoms with Crippen LogP contribution in [0.5, 0.6) is 5.75 Å². The Labute approximate surface area is 142 Å². The van der Waals surface area contributed by atoms with Gasteiger partial charge in [0.2, 0.25) is 0 Å². The fourth-order valence-electron chi connectivity index (χ4n) is 2.10. The van der Waals surface area contributed by atoms with Crippen LogP contribution in [-0.4, -0.2) is 13.2 Å². The molecule has 1 unspecified atom stereocenters. The summed E-state index contributed by atoms with van der Waals surface area (Å²) in [5.74, 6) is 1.76. The molecular formula is C16H19Br2NO2. The third kappa shape index (κ3) is 4.34. The number of hydrogen-bond donors (Lipinski definition) is 1. The summed E-state index contributed by atoms with van der Waals surface area (Å²) in [6.07, 6.45) is 0.995. The number of furan rings is 1. The number of rotatable bonds is 7. The van der Waals surface area contributed by atoms with Gasteiger partial charge in [-0.1, -0.05) is 19.9 Å². The minimum atomic E-state index is 0.0258. The van der Waals surface area contributed by atoms with E-state index >= 15 is 0 Å². The van der Waals surface area contributed by atoms with Crippen molar-refractivity contribution in [3.8, 4) is 5.75 Å². The Kier molecular flexibility index (Phi) is 6.33. The first-order valence-electron chi connectivity index (χ1n) is 7.06. The summed E-state index contributed by atoms with van der Waals surface area (Å²) >= 11 is 6.94. The van der Waals surface area contributed by atoms with Gasteiger partial charge in [-0.25, -0.2) is 0 Å². The Hall–Kier alpha value is -0.780. The van der Waals surface area contributed by atoms with Crippen LogP contribution < -0.4 is 10.1 Å². The van der Waals surface area contributed by atoms with E-state index in [0.29, 0.717) is 0 Å². The molecule has 0 aliphatic rings. The number of ether oxygens (including phenoxy) is 1. The molecule has 0 bridgehead atoms. The molecule has 1 aromatic carbocycles. The summed E-state index contributed by atoms with van der Waals surface area (Å²) in [6, 6.07) is 10.1. The van der Waals surface area contributed by atoms with Crippen LogP contribution in [0.2, 0.25) is 0 Å². The second-order valence-electron chi connectivity index (χ2n) is 4.67. The summed E-state index contributed by atoms with van der Waals surface area (Å²) in [6.45, 7) is 5.76. The molecule has 3 nitrogen and oxygen atoms in total. The van der Waals surface area contributed by atoms with Gasteiger partial charge in [0.05, 0.1) is 17.1 Å². The van der Waals surface area contributed by atoms with Crippen LogP contribution in [0.3, 0.4) is 0 Å². The van der Waals surface area contributed by atoms with Gasteiger partial charge in [0.1, 0.15) is 11.5 Å². The van der Waals surface area contributed by atoms with Gasteiger partial charge in [0.25, 0.3) is 0 Å². The Balaban J connectivity index is 2.26. The molecule has 1 aromatic heterocycles. The van der Waals surface area contributed by atoms with Crippen molar-refractivity contribution in [2.24, 2.45) is 0 Å². The molecule has 2 rings (SSSR count). The van der Waals surface area contributed by atoms with Crippen LogP contribution in [0.1, 0.15) is 37.6 Å². The molecule has 0 fully saturated rings. The van der Waals surface area contributed by atoms with Gasteiger partial charge in [-0.05, 0) is 74.7 Å². The average molecular weight is 417 g/mol. The number of hydrogen-bond acceptors (Lipinski definition) is 3. The molecule has 0 saturated carbocycles. The molecule has 0 aliphatic heterocycles. The minimum absolute atomic E-state index is 0.0258. The summed E-state index contributed by atoms with van der Waals surface area (Å²) in [5, 5.41) is 3.44. The van der Waals surface area contributed by atoms with E-state index in [4.69, 9.17) is 9.15 Å². The lowest BCUT2D eigenvalue weighted by molar-refractivity contribution is 0.315. The highest BCUT2D eigenvalue weighted by Gasteiger charge is 2.18. The highest BCUT2D eigenvalue weighted by Crippen LogP contribution is 2.32. The molecular weight excluding hydrogens is 398 g/mol. The van der Waals surface area contributed by atoms with Crippen molar-refractivity contribution >= 4 is 31.9 Å². The predicted molar refractivity (Wildman–Crippen MR) is 91.9 cm³/mol. The van der Waals surface area contributed by atoms with Gasteiger partial charge < -0.3 is 14.5 Å². The van der Waals surface area contributed by atoms with Crippen molar-refractivity contribution < 1.29 is 9.15 Å². The molecule has 21 heavy (non-hydrogen) atoms. The van der Waals surface area contributed by atoms with Crippen molar-refractivity contribution in [3.63, 3.8) is 0 Å². The smallest absolute Gasteiger partial charge is 0.169 e. The number of benzene rings is 1. The monoisotopic (exact) mass is 415 g/mol. The van der Waals surface area contributed by atoms with Gasteiger partial charge >= 0.3 is 0 Å². The summed E-state index contributed by atoms with van der Waals surface area (Å²) in [7, 11) is 0. The molecule has 5 heteroatoms. The molecule has 0 radical (unpaired) electrons. The molecule has 0 aliphatic carbocycles. The normalized spacial score (nSPS) is 12.4. The van der Waals surface area contributed by atoms with Crippen molar-refractivity contribution in [3.05, 3.63) is 50.8 Å². The largest absolute Gasteiger partial charge is 0.492 e. The lowest BCUT2D eigenvalue weighted by Crippen LogP contribution is -2.21. The van der Waals surface area contributed by atoms with Crippen molar-refractivity contribution in [2.45, 2.75) is 26.3 Å². The molecule has 1 N–H and O–H groups in total. The van der Waals surface area contributed by atoms with Gasteiger partial charge in [0, 0.05) is 0 Å². The molecule has 114 valence electrons. The van der Waals surface area contributed by atoms with Crippen molar-refractivity contribution in [2.75, 3.05) is 13.2 Å². The summed E-state index contributed by atoms with van der Waals surface area (Å²) in [5.41, 5.74) is 1.13. The van der Waals surface area contributed by atoms with E-state index in [1.54, 1.807) is 0 Å².